The van der Waals surface area contributed by atoms with Gasteiger partial charge in [-0.05, 0) is 30.7 Å². The Kier molecular flexibility index (Phi) is 6.55. The van der Waals surface area contributed by atoms with Crippen molar-refractivity contribution in [2.75, 3.05) is 12.3 Å². The lowest BCUT2D eigenvalue weighted by Gasteiger charge is -2.20. The van der Waals surface area contributed by atoms with E-state index >= 15 is 0 Å². The summed E-state index contributed by atoms with van der Waals surface area (Å²) in [5, 5.41) is 6.29. The molecule has 0 saturated carbocycles. The zero-order valence-electron chi connectivity index (χ0n) is 16.4. The standard InChI is InChI=1S/C20H22ClN3O3S2/c1-4-24(29(26,27)19-14(2)22-23(3)20(19)21)18(25)12-13-28-17-11-7-9-15-8-5-6-10-16(15)17/h5-11H,4,12-13H2,1-3H3. The van der Waals surface area contributed by atoms with E-state index in [4.69, 9.17) is 11.6 Å². The number of benzene rings is 2. The Balaban J connectivity index is 1.75. The first kappa shape index (κ1) is 21.7. The van der Waals surface area contributed by atoms with Gasteiger partial charge in [-0.15, -0.1) is 11.8 Å². The Labute approximate surface area is 179 Å². The Bertz CT molecular complexity index is 1150. The maximum atomic E-state index is 13.0. The molecule has 0 bridgehead atoms. The van der Waals surface area contributed by atoms with Crippen molar-refractivity contribution in [1.29, 1.82) is 0 Å². The van der Waals surface area contributed by atoms with Crippen LogP contribution in [0.4, 0.5) is 0 Å². The zero-order chi connectivity index (χ0) is 21.2. The molecule has 29 heavy (non-hydrogen) atoms. The fourth-order valence-corrected chi connectivity index (χ4v) is 6.35. The molecule has 1 amide bonds. The van der Waals surface area contributed by atoms with Crippen LogP contribution in [0.15, 0.2) is 52.3 Å². The second kappa shape index (κ2) is 8.77. The number of nitrogens with zero attached hydrogens (tertiary/aromatic N) is 3. The van der Waals surface area contributed by atoms with E-state index in [1.807, 2.05) is 42.5 Å². The van der Waals surface area contributed by atoms with Crippen LogP contribution in [0, 0.1) is 6.92 Å². The minimum atomic E-state index is -4.06. The minimum absolute atomic E-state index is 0.00104. The predicted molar refractivity (Wildman–Crippen MR) is 117 cm³/mol. The summed E-state index contributed by atoms with van der Waals surface area (Å²) in [7, 11) is -2.50. The number of fused-ring (bicyclic) bond motifs is 1. The van der Waals surface area contributed by atoms with Crippen LogP contribution in [0.5, 0.6) is 0 Å². The van der Waals surface area contributed by atoms with Gasteiger partial charge >= 0.3 is 0 Å². The topological polar surface area (TPSA) is 72.3 Å². The molecule has 0 atom stereocenters. The molecule has 0 spiro atoms. The number of rotatable bonds is 7. The van der Waals surface area contributed by atoms with Crippen molar-refractivity contribution in [3.63, 3.8) is 0 Å². The summed E-state index contributed by atoms with van der Waals surface area (Å²) < 4.78 is 28.2. The number of aromatic nitrogens is 2. The molecule has 1 heterocycles. The fraction of sp³-hybridized carbons (Fsp3) is 0.300. The van der Waals surface area contributed by atoms with Crippen molar-refractivity contribution < 1.29 is 13.2 Å². The molecule has 0 saturated heterocycles. The molecular weight excluding hydrogens is 430 g/mol. The number of hydrogen-bond acceptors (Lipinski definition) is 5. The molecule has 3 aromatic rings. The highest BCUT2D eigenvalue weighted by molar-refractivity contribution is 7.99. The number of carbonyl (C=O) groups is 1. The zero-order valence-corrected chi connectivity index (χ0v) is 18.8. The molecule has 6 nitrogen and oxygen atoms in total. The number of aryl methyl sites for hydroxylation is 2. The van der Waals surface area contributed by atoms with E-state index in [2.05, 4.69) is 5.10 Å². The summed E-state index contributed by atoms with van der Waals surface area (Å²) in [5.41, 5.74) is 0.272. The van der Waals surface area contributed by atoms with Gasteiger partial charge in [0.25, 0.3) is 10.0 Å². The minimum Gasteiger partial charge on any atom is -0.274 e. The van der Waals surface area contributed by atoms with Crippen LogP contribution in [-0.2, 0) is 21.9 Å². The fourth-order valence-electron chi connectivity index (χ4n) is 3.19. The van der Waals surface area contributed by atoms with E-state index in [0.717, 1.165) is 20.0 Å². The Morgan fingerprint density at radius 2 is 1.90 bits per heavy atom. The first-order valence-electron chi connectivity index (χ1n) is 9.12. The summed E-state index contributed by atoms with van der Waals surface area (Å²) >= 11 is 7.66. The van der Waals surface area contributed by atoms with Crippen molar-refractivity contribution in [2.45, 2.75) is 30.1 Å². The average Bonchev–Trinajstić information content (AvgIpc) is 2.94. The van der Waals surface area contributed by atoms with Gasteiger partial charge in [0.2, 0.25) is 5.91 Å². The highest BCUT2D eigenvalue weighted by Gasteiger charge is 2.33. The van der Waals surface area contributed by atoms with Crippen LogP contribution in [0.1, 0.15) is 19.0 Å². The molecule has 0 fully saturated rings. The van der Waals surface area contributed by atoms with Crippen molar-refractivity contribution >= 4 is 50.1 Å². The van der Waals surface area contributed by atoms with Gasteiger partial charge in [0.05, 0.1) is 5.69 Å². The number of halogens is 1. The molecular formula is C20H22ClN3O3S2. The molecule has 0 radical (unpaired) electrons. The molecule has 0 unspecified atom stereocenters. The Morgan fingerprint density at radius 1 is 1.21 bits per heavy atom. The molecule has 1 aromatic heterocycles. The van der Waals surface area contributed by atoms with Gasteiger partial charge in [-0.2, -0.15) is 5.10 Å². The average molecular weight is 452 g/mol. The van der Waals surface area contributed by atoms with E-state index in [9.17, 15) is 13.2 Å². The van der Waals surface area contributed by atoms with Crippen LogP contribution in [-0.4, -0.2) is 40.7 Å². The maximum Gasteiger partial charge on any atom is 0.271 e. The summed E-state index contributed by atoms with van der Waals surface area (Å²) in [4.78, 5) is 13.7. The van der Waals surface area contributed by atoms with E-state index in [1.54, 1.807) is 20.9 Å². The molecule has 154 valence electrons. The summed E-state index contributed by atoms with van der Waals surface area (Å²) in [6.07, 6.45) is 0.0951. The van der Waals surface area contributed by atoms with Crippen LogP contribution in [0.25, 0.3) is 10.8 Å². The first-order valence-corrected chi connectivity index (χ1v) is 11.9. The summed E-state index contributed by atoms with van der Waals surface area (Å²) in [6.45, 7) is 3.23. The number of sulfonamides is 1. The third-order valence-corrected chi connectivity index (χ3v) is 8.20. The second-order valence-electron chi connectivity index (χ2n) is 6.47. The lowest BCUT2D eigenvalue weighted by Crippen LogP contribution is -2.37. The Hall–Kier alpha value is -2.03. The SMILES string of the molecule is CCN(C(=O)CCSc1cccc2ccccc12)S(=O)(=O)c1c(C)nn(C)c1Cl. The molecule has 0 N–H and O–H groups in total. The highest BCUT2D eigenvalue weighted by Crippen LogP contribution is 2.30. The van der Waals surface area contributed by atoms with Crippen molar-refractivity contribution in [3.05, 3.63) is 53.3 Å². The Morgan fingerprint density at radius 3 is 2.55 bits per heavy atom. The lowest BCUT2D eigenvalue weighted by atomic mass is 10.1. The predicted octanol–water partition coefficient (Wildman–Crippen LogP) is 4.25. The normalized spacial score (nSPS) is 11.7. The number of hydrogen-bond donors (Lipinski definition) is 0. The van der Waals surface area contributed by atoms with Gasteiger partial charge in [0.1, 0.15) is 10.0 Å². The van der Waals surface area contributed by atoms with Crippen LogP contribution < -0.4 is 0 Å². The maximum absolute atomic E-state index is 13.0. The molecule has 0 aliphatic carbocycles. The quantitative estimate of drug-likeness (QED) is 0.502. The molecule has 9 heteroatoms. The second-order valence-corrected chi connectivity index (χ2v) is 9.76. The van der Waals surface area contributed by atoms with E-state index in [1.165, 1.54) is 16.4 Å². The van der Waals surface area contributed by atoms with E-state index in [-0.39, 0.29) is 28.7 Å². The largest absolute Gasteiger partial charge is 0.274 e. The summed E-state index contributed by atoms with van der Waals surface area (Å²) in [5.74, 6) is 0.0121. The number of carbonyl (C=O) groups excluding carboxylic acids is 1. The van der Waals surface area contributed by atoms with E-state index < -0.39 is 15.9 Å². The van der Waals surface area contributed by atoms with Gasteiger partial charge in [-0.3, -0.25) is 9.48 Å². The van der Waals surface area contributed by atoms with Gasteiger partial charge in [0, 0.05) is 30.7 Å². The van der Waals surface area contributed by atoms with Crippen LogP contribution in [0.3, 0.4) is 0 Å². The third kappa shape index (κ3) is 4.29. The van der Waals surface area contributed by atoms with Gasteiger partial charge in [0.15, 0.2) is 0 Å². The smallest absolute Gasteiger partial charge is 0.271 e. The van der Waals surface area contributed by atoms with Crippen molar-refractivity contribution in [3.8, 4) is 0 Å². The number of thioether (sulfide) groups is 1. The van der Waals surface area contributed by atoms with E-state index in [0.29, 0.717) is 5.75 Å². The summed E-state index contributed by atoms with van der Waals surface area (Å²) in [6, 6.07) is 14.0. The van der Waals surface area contributed by atoms with Gasteiger partial charge in [-0.25, -0.2) is 12.7 Å². The molecule has 0 aliphatic rings. The first-order chi connectivity index (χ1) is 13.8. The van der Waals surface area contributed by atoms with Crippen molar-refractivity contribution in [2.24, 2.45) is 7.05 Å². The lowest BCUT2D eigenvalue weighted by molar-refractivity contribution is -0.125. The number of amides is 1. The highest BCUT2D eigenvalue weighted by atomic mass is 35.5. The van der Waals surface area contributed by atoms with Crippen molar-refractivity contribution in [1.82, 2.24) is 14.1 Å². The monoisotopic (exact) mass is 451 g/mol. The van der Waals surface area contributed by atoms with Gasteiger partial charge in [-0.1, -0.05) is 48.0 Å². The van der Waals surface area contributed by atoms with Gasteiger partial charge < -0.3 is 0 Å². The molecule has 0 aliphatic heterocycles. The van der Waals surface area contributed by atoms with Crippen LogP contribution in [0.2, 0.25) is 5.15 Å². The van der Waals surface area contributed by atoms with Crippen LogP contribution >= 0.6 is 23.4 Å². The molecule has 2 aromatic carbocycles. The third-order valence-electron chi connectivity index (χ3n) is 4.54. The molecule has 3 rings (SSSR count).